The smallest absolute Gasteiger partial charge is 0.289 e. The van der Waals surface area contributed by atoms with E-state index in [-0.39, 0.29) is 11.7 Å². The minimum atomic E-state index is -0.707. The summed E-state index contributed by atoms with van der Waals surface area (Å²) < 4.78 is 17.4. The molecule has 2 aliphatic rings. The molecular weight excluding hydrogens is 211 g/mol. The van der Waals surface area contributed by atoms with E-state index in [0.717, 1.165) is 19.5 Å². The fourth-order valence-corrected chi connectivity index (χ4v) is 2.58. The Hall–Kier alpha value is -1.36. The van der Waals surface area contributed by atoms with Gasteiger partial charge in [-0.2, -0.15) is 4.39 Å². The lowest BCUT2D eigenvalue weighted by Crippen LogP contribution is -2.44. The number of rotatable bonds is 1. The third-order valence-corrected chi connectivity index (χ3v) is 3.30. The quantitative estimate of drug-likeness (QED) is 0.769. The summed E-state index contributed by atoms with van der Waals surface area (Å²) in [7, 11) is 0. The van der Waals surface area contributed by atoms with E-state index < -0.39 is 6.01 Å². The molecule has 2 fully saturated rings. The van der Waals surface area contributed by atoms with Crippen molar-refractivity contribution in [2.24, 2.45) is 5.92 Å². The highest BCUT2D eigenvalue weighted by atomic mass is 19.1. The normalized spacial score (nSPS) is 28.4. The highest BCUT2D eigenvalue weighted by Crippen LogP contribution is 2.23. The van der Waals surface area contributed by atoms with Crippen molar-refractivity contribution in [3.8, 4) is 0 Å². The number of nitrogens with zero attached hydrogens (tertiary/aromatic N) is 1. The maximum absolute atomic E-state index is 12.7. The molecule has 2 aliphatic heterocycles. The van der Waals surface area contributed by atoms with E-state index in [1.807, 2.05) is 0 Å². The van der Waals surface area contributed by atoms with Gasteiger partial charge in [-0.05, 0) is 18.4 Å². The van der Waals surface area contributed by atoms with Gasteiger partial charge in [0.25, 0.3) is 11.9 Å². The second kappa shape index (κ2) is 3.59. The van der Waals surface area contributed by atoms with Gasteiger partial charge < -0.3 is 14.6 Å². The monoisotopic (exact) mass is 224 g/mol. The van der Waals surface area contributed by atoms with Gasteiger partial charge in [0.15, 0.2) is 5.76 Å². The minimum absolute atomic E-state index is 0.0961. The van der Waals surface area contributed by atoms with Crippen LogP contribution in [0.1, 0.15) is 17.0 Å². The van der Waals surface area contributed by atoms with Crippen molar-refractivity contribution in [2.75, 3.05) is 19.6 Å². The number of hydrogen-bond acceptors (Lipinski definition) is 3. The SMILES string of the molecule is O=C(c1ccc(F)o1)N1C[C@@H]2CN[C@@H](C2)C1. The molecule has 86 valence electrons. The highest BCUT2D eigenvalue weighted by Gasteiger charge is 2.35. The predicted molar refractivity (Wildman–Crippen MR) is 54.5 cm³/mol. The maximum Gasteiger partial charge on any atom is 0.289 e. The maximum atomic E-state index is 12.7. The topological polar surface area (TPSA) is 45.5 Å². The summed E-state index contributed by atoms with van der Waals surface area (Å²) in [5.41, 5.74) is 0. The molecule has 1 aromatic rings. The number of fused-ring (bicyclic) bond motifs is 2. The van der Waals surface area contributed by atoms with Crippen molar-refractivity contribution in [3.05, 3.63) is 23.9 Å². The van der Waals surface area contributed by atoms with E-state index in [9.17, 15) is 9.18 Å². The zero-order chi connectivity index (χ0) is 11.1. The number of piperidine rings is 1. The molecule has 1 amide bonds. The zero-order valence-corrected chi connectivity index (χ0v) is 8.78. The van der Waals surface area contributed by atoms with Gasteiger partial charge in [-0.3, -0.25) is 4.79 Å². The number of nitrogens with one attached hydrogen (secondary N) is 1. The van der Waals surface area contributed by atoms with Crippen LogP contribution in [0.3, 0.4) is 0 Å². The number of amides is 1. The van der Waals surface area contributed by atoms with Crippen LogP contribution in [0.5, 0.6) is 0 Å². The first-order chi connectivity index (χ1) is 7.72. The van der Waals surface area contributed by atoms with E-state index in [0.29, 0.717) is 18.5 Å². The molecule has 3 heterocycles. The Kier molecular flexibility index (Phi) is 2.21. The highest BCUT2D eigenvalue weighted by molar-refractivity contribution is 5.91. The Morgan fingerprint density at radius 1 is 1.50 bits per heavy atom. The van der Waals surface area contributed by atoms with Crippen molar-refractivity contribution in [2.45, 2.75) is 12.5 Å². The van der Waals surface area contributed by atoms with Crippen molar-refractivity contribution >= 4 is 5.91 Å². The number of carbonyl (C=O) groups is 1. The number of likely N-dealkylation sites (tertiary alicyclic amines) is 1. The lowest BCUT2D eigenvalue weighted by atomic mass is 10.00. The van der Waals surface area contributed by atoms with Crippen LogP contribution < -0.4 is 5.32 Å². The van der Waals surface area contributed by atoms with E-state index in [1.165, 1.54) is 12.1 Å². The molecule has 0 saturated carbocycles. The molecule has 0 radical (unpaired) electrons. The minimum Gasteiger partial charge on any atom is -0.426 e. The van der Waals surface area contributed by atoms with Gasteiger partial charge in [0.2, 0.25) is 0 Å². The van der Waals surface area contributed by atoms with Gasteiger partial charge >= 0.3 is 0 Å². The summed E-state index contributed by atoms with van der Waals surface area (Å²) in [6.07, 6.45) is 1.14. The summed E-state index contributed by atoms with van der Waals surface area (Å²) in [5, 5.41) is 3.36. The van der Waals surface area contributed by atoms with Crippen molar-refractivity contribution < 1.29 is 13.6 Å². The number of carbonyl (C=O) groups excluding carboxylic acids is 1. The summed E-state index contributed by atoms with van der Waals surface area (Å²) in [6.45, 7) is 2.41. The average molecular weight is 224 g/mol. The average Bonchev–Trinajstić information content (AvgIpc) is 2.84. The lowest BCUT2D eigenvalue weighted by molar-refractivity contribution is 0.0651. The van der Waals surface area contributed by atoms with Gasteiger partial charge in [-0.15, -0.1) is 0 Å². The van der Waals surface area contributed by atoms with Crippen LogP contribution in [-0.4, -0.2) is 36.5 Å². The molecule has 0 aliphatic carbocycles. The third-order valence-electron chi connectivity index (χ3n) is 3.30. The first kappa shape index (κ1) is 9.84. The Balaban J connectivity index is 1.76. The van der Waals surface area contributed by atoms with E-state index >= 15 is 0 Å². The molecule has 0 aromatic carbocycles. The molecule has 5 heteroatoms. The van der Waals surface area contributed by atoms with Crippen LogP contribution in [-0.2, 0) is 0 Å². The van der Waals surface area contributed by atoms with Gasteiger partial charge in [-0.1, -0.05) is 0 Å². The number of furan rings is 1. The molecule has 1 N–H and O–H groups in total. The second-order valence-electron chi connectivity index (χ2n) is 4.52. The number of hydrogen-bond donors (Lipinski definition) is 1. The predicted octanol–water partition coefficient (Wildman–Crippen LogP) is 0.853. The molecule has 4 nitrogen and oxygen atoms in total. The zero-order valence-electron chi connectivity index (χ0n) is 8.78. The molecule has 1 aromatic heterocycles. The summed E-state index contributed by atoms with van der Waals surface area (Å²) >= 11 is 0. The summed E-state index contributed by atoms with van der Waals surface area (Å²) in [5.74, 6) is 0.420. The molecule has 0 unspecified atom stereocenters. The van der Waals surface area contributed by atoms with E-state index in [1.54, 1.807) is 4.90 Å². The van der Waals surface area contributed by atoms with E-state index in [2.05, 4.69) is 5.32 Å². The first-order valence-electron chi connectivity index (χ1n) is 5.50. The lowest BCUT2D eigenvalue weighted by Gasteiger charge is -2.30. The Labute approximate surface area is 92.4 Å². The van der Waals surface area contributed by atoms with Crippen molar-refractivity contribution in [1.82, 2.24) is 10.2 Å². The van der Waals surface area contributed by atoms with Crippen LogP contribution in [0, 0.1) is 11.9 Å². The molecule has 3 rings (SSSR count). The molecule has 16 heavy (non-hydrogen) atoms. The Bertz CT molecular complexity index is 406. The first-order valence-corrected chi connectivity index (χ1v) is 5.50. The molecule has 2 bridgehead atoms. The molecule has 0 spiro atoms. The summed E-state index contributed by atoms with van der Waals surface area (Å²) in [4.78, 5) is 13.7. The molecular formula is C11H13FN2O2. The van der Waals surface area contributed by atoms with Crippen molar-refractivity contribution in [3.63, 3.8) is 0 Å². The van der Waals surface area contributed by atoms with Crippen LogP contribution in [0.4, 0.5) is 4.39 Å². The second-order valence-corrected chi connectivity index (χ2v) is 4.52. The van der Waals surface area contributed by atoms with Crippen LogP contribution in [0.15, 0.2) is 16.5 Å². The fourth-order valence-electron chi connectivity index (χ4n) is 2.58. The summed E-state index contributed by atoms with van der Waals surface area (Å²) in [6, 6.07) is 2.25. The standard InChI is InChI=1S/C11H13FN2O2/c12-10-2-1-9(16-10)11(15)14-5-7-3-8(6-14)13-4-7/h1-2,7-8,13H,3-6H2/t7-,8-/m0/s1. The molecule has 2 saturated heterocycles. The third kappa shape index (κ3) is 1.61. The van der Waals surface area contributed by atoms with Gasteiger partial charge in [0.05, 0.1) is 0 Å². The Morgan fingerprint density at radius 2 is 2.38 bits per heavy atom. The van der Waals surface area contributed by atoms with Gasteiger partial charge in [0.1, 0.15) is 0 Å². The van der Waals surface area contributed by atoms with Gasteiger partial charge in [0, 0.05) is 31.7 Å². The molecule has 2 atom stereocenters. The van der Waals surface area contributed by atoms with Crippen molar-refractivity contribution in [1.29, 1.82) is 0 Å². The van der Waals surface area contributed by atoms with Crippen LogP contribution in [0.2, 0.25) is 0 Å². The Morgan fingerprint density at radius 3 is 3.06 bits per heavy atom. The van der Waals surface area contributed by atoms with Gasteiger partial charge in [-0.25, -0.2) is 0 Å². The largest absolute Gasteiger partial charge is 0.426 e. The number of halogens is 1. The van der Waals surface area contributed by atoms with E-state index in [4.69, 9.17) is 4.42 Å². The van der Waals surface area contributed by atoms with Crippen LogP contribution in [0.25, 0.3) is 0 Å². The fraction of sp³-hybridized carbons (Fsp3) is 0.545. The van der Waals surface area contributed by atoms with Crippen LogP contribution >= 0.6 is 0 Å².